The van der Waals surface area contributed by atoms with Crippen molar-refractivity contribution in [1.82, 2.24) is 5.32 Å². The minimum absolute atomic E-state index is 0.0224. The molecule has 4 N–H and O–H groups in total. The fraction of sp³-hybridized carbons (Fsp3) is 0.429. The second-order valence-corrected chi connectivity index (χ2v) is 5.04. The molecule has 21 heavy (non-hydrogen) atoms. The number of nitrogens with one attached hydrogen (secondary N) is 2. The highest BCUT2D eigenvalue weighted by Crippen LogP contribution is 2.24. The van der Waals surface area contributed by atoms with Crippen molar-refractivity contribution < 1.29 is 24.5 Å². The molecule has 1 aromatic rings. The van der Waals surface area contributed by atoms with Gasteiger partial charge in [0.1, 0.15) is 5.75 Å². The van der Waals surface area contributed by atoms with E-state index in [-0.39, 0.29) is 29.1 Å². The smallest absolute Gasteiger partial charge is 0.335 e. The molecule has 2 atom stereocenters. The molecular formula is C14H18N2O5. The van der Waals surface area contributed by atoms with Crippen LogP contribution in [0.2, 0.25) is 0 Å². The van der Waals surface area contributed by atoms with Crippen LogP contribution < -0.4 is 10.6 Å². The van der Waals surface area contributed by atoms with E-state index in [0.717, 1.165) is 18.9 Å². The number of rotatable bonds is 3. The first-order valence-electron chi connectivity index (χ1n) is 6.71. The summed E-state index contributed by atoms with van der Waals surface area (Å²) in [5.74, 6) is -1.43. The number of ether oxygens (including phenoxy) is 1. The monoisotopic (exact) mass is 294 g/mol. The molecule has 0 bridgehead atoms. The van der Waals surface area contributed by atoms with Crippen LogP contribution in [0.1, 0.15) is 30.1 Å². The van der Waals surface area contributed by atoms with Crippen molar-refractivity contribution in [3.8, 4) is 5.75 Å². The SMILES string of the molecule is CC1CC(NC(=O)Nc2ccc(C(=O)O)cc2O)CCO1. The lowest BCUT2D eigenvalue weighted by molar-refractivity contribution is 0.0157. The fourth-order valence-electron chi connectivity index (χ4n) is 2.24. The Kier molecular flexibility index (Phi) is 4.64. The predicted molar refractivity (Wildman–Crippen MR) is 75.7 cm³/mol. The molecule has 0 saturated carbocycles. The summed E-state index contributed by atoms with van der Waals surface area (Å²) in [4.78, 5) is 22.6. The van der Waals surface area contributed by atoms with Gasteiger partial charge in [-0.2, -0.15) is 0 Å². The van der Waals surface area contributed by atoms with Crippen LogP contribution in [0.25, 0.3) is 0 Å². The number of hydrogen-bond donors (Lipinski definition) is 4. The Labute approximate surface area is 121 Å². The van der Waals surface area contributed by atoms with E-state index < -0.39 is 12.0 Å². The average Bonchev–Trinajstić information content (AvgIpc) is 2.40. The van der Waals surface area contributed by atoms with Crippen LogP contribution in [0.5, 0.6) is 5.75 Å². The van der Waals surface area contributed by atoms with Gasteiger partial charge in [-0.3, -0.25) is 0 Å². The Bertz CT molecular complexity index is 546. The standard InChI is InChI=1S/C14H18N2O5/c1-8-6-10(4-5-21-8)15-14(20)16-11-3-2-9(13(18)19)7-12(11)17/h2-3,7-8,10,17H,4-6H2,1H3,(H,18,19)(H2,15,16,20). The number of carboxylic acid groups (broad SMARTS) is 1. The minimum Gasteiger partial charge on any atom is -0.506 e. The molecule has 1 aliphatic heterocycles. The molecule has 1 heterocycles. The van der Waals surface area contributed by atoms with Crippen LogP contribution in [-0.2, 0) is 4.74 Å². The van der Waals surface area contributed by atoms with Gasteiger partial charge in [0.2, 0.25) is 0 Å². The lowest BCUT2D eigenvalue weighted by Crippen LogP contribution is -2.43. The summed E-state index contributed by atoms with van der Waals surface area (Å²) in [5, 5.41) is 23.8. The first-order chi connectivity index (χ1) is 9.95. The third kappa shape index (κ3) is 4.09. The Morgan fingerprint density at radius 3 is 2.76 bits per heavy atom. The van der Waals surface area contributed by atoms with Crippen LogP contribution >= 0.6 is 0 Å². The maximum atomic E-state index is 11.9. The maximum Gasteiger partial charge on any atom is 0.335 e. The molecule has 114 valence electrons. The van der Waals surface area contributed by atoms with Gasteiger partial charge in [-0.15, -0.1) is 0 Å². The van der Waals surface area contributed by atoms with Crippen LogP contribution in [0.15, 0.2) is 18.2 Å². The molecule has 2 rings (SSSR count). The predicted octanol–water partition coefficient (Wildman–Crippen LogP) is 1.78. The molecular weight excluding hydrogens is 276 g/mol. The highest BCUT2D eigenvalue weighted by Gasteiger charge is 2.21. The molecule has 0 aliphatic carbocycles. The maximum absolute atomic E-state index is 11.9. The van der Waals surface area contributed by atoms with Gasteiger partial charge in [0.05, 0.1) is 17.4 Å². The Morgan fingerprint density at radius 2 is 2.14 bits per heavy atom. The van der Waals surface area contributed by atoms with Gasteiger partial charge in [0.15, 0.2) is 0 Å². The summed E-state index contributed by atoms with van der Waals surface area (Å²) in [6.45, 7) is 2.55. The largest absolute Gasteiger partial charge is 0.506 e. The number of hydrogen-bond acceptors (Lipinski definition) is 4. The summed E-state index contributed by atoms with van der Waals surface area (Å²) in [7, 11) is 0. The second kappa shape index (κ2) is 6.45. The molecule has 7 nitrogen and oxygen atoms in total. The van der Waals surface area contributed by atoms with Crippen molar-refractivity contribution in [2.75, 3.05) is 11.9 Å². The molecule has 7 heteroatoms. The number of aromatic carboxylic acids is 1. The number of aromatic hydroxyl groups is 1. The molecule has 0 aromatic heterocycles. The van der Waals surface area contributed by atoms with E-state index in [0.29, 0.717) is 6.61 Å². The second-order valence-electron chi connectivity index (χ2n) is 5.04. The van der Waals surface area contributed by atoms with Gasteiger partial charge in [0, 0.05) is 12.6 Å². The normalized spacial score (nSPS) is 21.6. The summed E-state index contributed by atoms with van der Waals surface area (Å²) in [5.41, 5.74) is 0.120. The number of carbonyl (C=O) groups excluding carboxylic acids is 1. The highest BCUT2D eigenvalue weighted by atomic mass is 16.5. The quantitative estimate of drug-likeness (QED) is 0.635. The van der Waals surface area contributed by atoms with Crippen molar-refractivity contribution >= 4 is 17.7 Å². The van der Waals surface area contributed by atoms with E-state index in [9.17, 15) is 14.7 Å². The van der Waals surface area contributed by atoms with Crippen LogP contribution in [-0.4, -0.2) is 41.0 Å². The molecule has 1 saturated heterocycles. The highest BCUT2D eigenvalue weighted by molar-refractivity contribution is 5.93. The van der Waals surface area contributed by atoms with Crippen LogP contribution in [0.4, 0.5) is 10.5 Å². The number of amides is 2. The van der Waals surface area contributed by atoms with Crippen LogP contribution in [0, 0.1) is 0 Å². The van der Waals surface area contributed by atoms with E-state index >= 15 is 0 Å². The van der Waals surface area contributed by atoms with E-state index in [1.807, 2.05) is 6.92 Å². The van der Waals surface area contributed by atoms with Gasteiger partial charge >= 0.3 is 12.0 Å². The molecule has 1 aliphatic rings. The molecule has 1 aromatic carbocycles. The molecule has 2 amide bonds. The van der Waals surface area contributed by atoms with E-state index in [1.54, 1.807) is 0 Å². The number of phenolic OH excluding ortho intramolecular Hbond substituents is 1. The lowest BCUT2D eigenvalue weighted by atomic mass is 10.0. The number of carboxylic acids is 1. The van der Waals surface area contributed by atoms with Gasteiger partial charge < -0.3 is 25.6 Å². The Hall–Kier alpha value is -2.28. The zero-order chi connectivity index (χ0) is 15.4. The van der Waals surface area contributed by atoms with E-state index in [4.69, 9.17) is 9.84 Å². The Balaban J connectivity index is 1.94. The van der Waals surface area contributed by atoms with Gasteiger partial charge in [-0.25, -0.2) is 9.59 Å². The van der Waals surface area contributed by atoms with Gasteiger partial charge in [0.25, 0.3) is 0 Å². The number of carbonyl (C=O) groups is 2. The van der Waals surface area contributed by atoms with E-state index in [1.165, 1.54) is 12.1 Å². The molecule has 1 fully saturated rings. The number of anilines is 1. The zero-order valence-electron chi connectivity index (χ0n) is 11.6. The first kappa shape index (κ1) is 15.1. The lowest BCUT2D eigenvalue weighted by Gasteiger charge is -2.27. The van der Waals surface area contributed by atoms with Crippen molar-refractivity contribution in [2.24, 2.45) is 0 Å². The van der Waals surface area contributed by atoms with E-state index in [2.05, 4.69) is 10.6 Å². The van der Waals surface area contributed by atoms with Gasteiger partial charge in [-0.05, 0) is 38.0 Å². The summed E-state index contributed by atoms with van der Waals surface area (Å²) < 4.78 is 5.40. The topological polar surface area (TPSA) is 108 Å². The van der Waals surface area contributed by atoms with Gasteiger partial charge in [-0.1, -0.05) is 0 Å². The van der Waals surface area contributed by atoms with Crippen LogP contribution in [0.3, 0.4) is 0 Å². The first-order valence-corrected chi connectivity index (χ1v) is 6.71. The van der Waals surface area contributed by atoms with Crippen molar-refractivity contribution in [3.63, 3.8) is 0 Å². The summed E-state index contributed by atoms with van der Waals surface area (Å²) in [6, 6.07) is 3.34. The third-order valence-corrected chi connectivity index (χ3v) is 3.31. The van der Waals surface area contributed by atoms with Crippen molar-refractivity contribution in [1.29, 1.82) is 0 Å². The minimum atomic E-state index is -1.14. The molecule has 0 radical (unpaired) electrons. The zero-order valence-corrected chi connectivity index (χ0v) is 11.6. The third-order valence-electron chi connectivity index (χ3n) is 3.31. The summed E-state index contributed by atoms with van der Waals surface area (Å²) in [6.07, 6.45) is 1.58. The van der Waals surface area contributed by atoms with Crippen molar-refractivity contribution in [3.05, 3.63) is 23.8 Å². The number of urea groups is 1. The number of benzene rings is 1. The molecule has 2 unspecified atom stereocenters. The average molecular weight is 294 g/mol. The molecule has 0 spiro atoms. The number of phenols is 1. The summed E-state index contributed by atoms with van der Waals surface area (Å²) >= 11 is 0. The fourth-order valence-corrected chi connectivity index (χ4v) is 2.24. The Morgan fingerprint density at radius 1 is 1.38 bits per heavy atom. The van der Waals surface area contributed by atoms with Crippen molar-refractivity contribution in [2.45, 2.75) is 31.9 Å².